The van der Waals surface area contributed by atoms with E-state index in [0.29, 0.717) is 24.6 Å². The minimum absolute atomic E-state index is 0.325. The van der Waals surface area contributed by atoms with Crippen molar-refractivity contribution in [2.45, 2.75) is 13.2 Å². The standard InChI is InChI=1S/C12H18FNO3/c1-4-17-11-7-9(13)5-6-10(11)14-8-12(15-2)16-3/h5-7,12,14H,4,8H2,1-3H3. The van der Waals surface area contributed by atoms with Crippen molar-refractivity contribution in [3.8, 4) is 5.75 Å². The molecule has 0 fully saturated rings. The molecule has 0 unspecified atom stereocenters. The molecule has 1 aromatic rings. The maximum atomic E-state index is 13.0. The van der Waals surface area contributed by atoms with Gasteiger partial charge in [0.1, 0.15) is 11.6 Å². The highest BCUT2D eigenvalue weighted by atomic mass is 19.1. The van der Waals surface area contributed by atoms with Crippen LogP contribution in [0.15, 0.2) is 18.2 Å². The van der Waals surface area contributed by atoms with Gasteiger partial charge in [0.15, 0.2) is 6.29 Å². The fraction of sp³-hybridized carbons (Fsp3) is 0.500. The van der Waals surface area contributed by atoms with Crippen molar-refractivity contribution in [1.82, 2.24) is 0 Å². The first-order chi connectivity index (χ1) is 8.21. The molecular weight excluding hydrogens is 225 g/mol. The minimum Gasteiger partial charge on any atom is -0.492 e. The summed E-state index contributed by atoms with van der Waals surface area (Å²) in [6.45, 7) is 2.79. The van der Waals surface area contributed by atoms with Gasteiger partial charge in [-0.1, -0.05) is 0 Å². The normalized spacial score (nSPS) is 10.6. The van der Waals surface area contributed by atoms with Crippen molar-refractivity contribution in [3.63, 3.8) is 0 Å². The van der Waals surface area contributed by atoms with Crippen LogP contribution in [0.5, 0.6) is 5.75 Å². The summed E-state index contributed by atoms with van der Waals surface area (Å²) < 4.78 is 28.5. The SMILES string of the molecule is CCOc1cc(F)ccc1NCC(OC)OC. The molecule has 0 atom stereocenters. The molecule has 4 nitrogen and oxygen atoms in total. The summed E-state index contributed by atoms with van der Waals surface area (Å²) in [6, 6.07) is 4.35. The Bertz CT molecular complexity index is 343. The van der Waals surface area contributed by atoms with Crippen LogP contribution < -0.4 is 10.1 Å². The highest BCUT2D eigenvalue weighted by Gasteiger charge is 2.08. The van der Waals surface area contributed by atoms with Crippen LogP contribution >= 0.6 is 0 Å². The number of nitrogens with one attached hydrogen (secondary N) is 1. The van der Waals surface area contributed by atoms with E-state index in [9.17, 15) is 4.39 Å². The molecule has 0 amide bonds. The van der Waals surface area contributed by atoms with Crippen LogP contribution in [-0.4, -0.2) is 33.7 Å². The molecular formula is C12H18FNO3. The highest BCUT2D eigenvalue weighted by molar-refractivity contribution is 5.56. The lowest BCUT2D eigenvalue weighted by Gasteiger charge is -2.17. The van der Waals surface area contributed by atoms with Gasteiger partial charge in [-0.25, -0.2) is 4.39 Å². The largest absolute Gasteiger partial charge is 0.492 e. The summed E-state index contributed by atoms with van der Waals surface area (Å²) in [4.78, 5) is 0. The van der Waals surface area contributed by atoms with Crippen molar-refractivity contribution >= 4 is 5.69 Å². The summed E-state index contributed by atoms with van der Waals surface area (Å²) in [7, 11) is 3.12. The van der Waals surface area contributed by atoms with E-state index in [1.807, 2.05) is 6.92 Å². The Kier molecular flexibility index (Phi) is 5.72. The smallest absolute Gasteiger partial charge is 0.173 e. The molecule has 96 valence electrons. The number of ether oxygens (including phenoxy) is 3. The van der Waals surface area contributed by atoms with E-state index in [1.165, 1.54) is 12.1 Å². The molecule has 0 aliphatic carbocycles. The Labute approximate surface area is 101 Å². The van der Waals surface area contributed by atoms with Gasteiger partial charge in [0, 0.05) is 20.3 Å². The lowest BCUT2D eigenvalue weighted by molar-refractivity contribution is -0.0914. The Balaban J connectivity index is 2.68. The quantitative estimate of drug-likeness (QED) is 0.746. The molecule has 0 aliphatic heterocycles. The zero-order chi connectivity index (χ0) is 12.7. The fourth-order valence-corrected chi connectivity index (χ4v) is 1.37. The number of halogens is 1. The second-order valence-corrected chi connectivity index (χ2v) is 3.36. The first-order valence-corrected chi connectivity index (χ1v) is 5.43. The van der Waals surface area contributed by atoms with Gasteiger partial charge in [0.2, 0.25) is 0 Å². The second kappa shape index (κ2) is 7.09. The van der Waals surface area contributed by atoms with Crippen molar-refractivity contribution in [2.75, 3.05) is 32.7 Å². The molecule has 0 aromatic heterocycles. The van der Waals surface area contributed by atoms with Crippen LogP contribution in [0, 0.1) is 5.82 Å². The van der Waals surface area contributed by atoms with E-state index in [-0.39, 0.29) is 12.1 Å². The highest BCUT2D eigenvalue weighted by Crippen LogP contribution is 2.25. The number of benzene rings is 1. The lowest BCUT2D eigenvalue weighted by atomic mass is 10.3. The third-order valence-electron chi connectivity index (χ3n) is 2.23. The van der Waals surface area contributed by atoms with Crippen molar-refractivity contribution in [2.24, 2.45) is 0 Å². The van der Waals surface area contributed by atoms with Gasteiger partial charge in [0.25, 0.3) is 0 Å². The maximum absolute atomic E-state index is 13.0. The Morgan fingerprint density at radius 1 is 1.29 bits per heavy atom. The molecule has 0 bridgehead atoms. The van der Waals surface area contributed by atoms with E-state index in [2.05, 4.69) is 5.32 Å². The molecule has 0 saturated carbocycles. The average Bonchev–Trinajstić information content (AvgIpc) is 2.33. The van der Waals surface area contributed by atoms with Crippen LogP contribution in [0.1, 0.15) is 6.92 Å². The van der Waals surface area contributed by atoms with Gasteiger partial charge in [-0.15, -0.1) is 0 Å². The summed E-state index contributed by atoms with van der Waals surface area (Å²) >= 11 is 0. The first kappa shape index (κ1) is 13.7. The van der Waals surface area contributed by atoms with Gasteiger partial charge in [-0.3, -0.25) is 0 Å². The van der Waals surface area contributed by atoms with Crippen molar-refractivity contribution < 1.29 is 18.6 Å². The molecule has 1 rings (SSSR count). The number of rotatable bonds is 7. The number of anilines is 1. The topological polar surface area (TPSA) is 39.7 Å². The summed E-state index contributed by atoms with van der Waals surface area (Å²) in [5.41, 5.74) is 0.715. The van der Waals surface area contributed by atoms with E-state index in [0.717, 1.165) is 0 Å². The number of methoxy groups -OCH3 is 2. The summed E-state index contributed by atoms with van der Waals surface area (Å²) in [5.74, 6) is 0.160. The molecule has 1 aromatic carbocycles. The Hall–Kier alpha value is -1.33. The predicted molar refractivity (Wildman–Crippen MR) is 63.9 cm³/mol. The minimum atomic E-state index is -0.352. The molecule has 0 spiro atoms. The third kappa shape index (κ3) is 4.20. The molecule has 5 heteroatoms. The zero-order valence-corrected chi connectivity index (χ0v) is 10.3. The monoisotopic (exact) mass is 243 g/mol. The van der Waals surface area contributed by atoms with Gasteiger partial charge >= 0.3 is 0 Å². The molecule has 0 heterocycles. The Morgan fingerprint density at radius 2 is 2.00 bits per heavy atom. The average molecular weight is 243 g/mol. The van der Waals surface area contributed by atoms with Crippen LogP contribution in [0.4, 0.5) is 10.1 Å². The van der Waals surface area contributed by atoms with Gasteiger partial charge in [-0.2, -0.15) is 0 Å². The Morgan fingerprint density at radius 3 is 2.59 bits per heavy atom. The predicted octanol–water partition coefficient (Wildman–Crippen LogP) is 2.26. The van der Waals surface area contributed by atoms with E-state index >= 15 is 0 Å². The van der Waals surface area contributed by atoms with E-state index < -0.39 is 0 Å². The van der Waals surface area contributed by atoms with Gasteiger partial charge in [-0.05, 0) is 19.1 Å². The van der Waals surface area contributed by atoms with Crippen LogP contribution in [0.2, 0.25) is 0 Å². The first-order valence-electron chi connectivity index (χ1n) is 5.43. The van der Waals surface area contributed by atoms with Crippen LogP contribution in [0.3, 0.4) is 0 Å². The van der Waals surface area contributed by atoms with E-state index in [4.69, 9.17) is 14.2 Å². The zero-order valence-electron chi connectivity index (χ0n) is 10.3. The summed E-state index contributed by atoms with van der Waals surface area (Å²) in [6.07, 6.45) is -0.352. The molecule has 17 heavy (non-hydrogen) atoms. The van der Waals surface area contributed by atoms with Crippen molar-refractivity contribution in [1.29, 1.82) is 0 Å². The van der Waals surface area contributed by atoms with Gasteiger partial charge < -0.3 is 19.5 Å². The van der Waals surface area contributed by atoms with E-state index in [1.54, 1.807) is 20.3 Å². The number of hydrogen-bond acceptors (Lipinski definition) is 4. The fourth-order valence-electron chi connectivity index (χ4n) is 1.37. The van der Waals surface area contributed by atoms with Crippen molar-refractivity contribution in [3.05, 3.63) is 24.0 Å². The third-order valence-corrected chi connectivity index (χ3v) is 2.23. The summed E-state index contributed by atoms with van der Waals surface area (Å²) in [5, 5.41) is 3.09. The van der Waals surface area contributed by atoms with Crippen LogP contribution in [0.25, 0.3) is 0 Å². The molecule has 1 N–H and O–H groups in total. The van der Waals surface area contributed by atoms with Gasteiger partial charge in [0.05, 0.1) is 18.8 Å². The second-order valence-electron chi connectivity index (χ2n) is 3.36. The molecule has 0 saturated heterocycles. The lowest BCUT2D eigenvalue weighted by Crippen LogP contribution is -2.23. The maximum Gasteiger partial charge on any atom is 0.173 e. The van der Waals surface area contributed by atoms with Crippen LogP contribution in [-0.2, 0) is 9.47 Å². The number of hydrogen-bond donors (Lipinski definition) is 1. The molecule has 0 aliphatic rings. The molecule has 0 radical (unpaired) electrons.